The van der Waals surface area contributed by atoms with Gasteiger partial charge in [-0.25, -0.2) is 4.98 Å². The van der Waals surface area contributed by atoms with Crippen molar-refractivity contribution >= 4 is 16.5 Å². The van der Waals surface area contributed by atoms with Crippen LogP contribution in [0.1, 0.15) is 36.8 Å². The maximum absolute atomic E-state index is 4.71. The summed E-state index contributed by atoms with van der Waals surface area (Å²) in [5.74, 6) is 0. The van der Waals surface area contributed by atoms with Gasteiger partial charge in [-0.05, 0) is 33.2 Å². The van der Waals surface area contributed by atoms with Crippen LogP contribution in [0.25, 0.3) is 0 Å². The predicted molar refractivity (Wildman–Crippen MR) is 70.3 cm³/mol. The Kier molecular flexibility index (Phi) is 3.82. The van der Waals surface area contributed by atoms with Gasteiger partial charge in [0, 0.05) is 24.0 Å². The molecule has 90 valence electrons. The van der Waals surface area contributed by atoms with Gasteiger partial charge in [-0.3, -0.25) is 0 Å². The molecule has 1 aromatic rings. The van der Waals surface area contributed by atoms with Crippen LogP contribution in [0, 0.1) is 6.92 Å². The number of hydrogen-bond acceptors (Lipinski definition) is 4. The van der Waals surface area contributed by atoms with E-state index in [1.807, 2.05) is 18.4 Å². The van der Waals surface area contributed by atoms with Crippen molar-refractivity contribution in [3.05, 3.63) is 10.6 Å². The Hall–Kier alpha value is -0.610. The van der Waals surface area contributed by atoms with Crippen molar-refractivity contribution in [1.29, 1.82) is 0 Å². The second-order valence-electron chi connectivity index (χ2n) is 4.43. The second kappa shape index (κ2) is 5.15. The zero-order valence-electron chi connectivity index (χ0n) is 10.4. The molecule has 3 nitrogen and oxygen atoms in total. The number of anilines is 1. The SMILES string of the molecule is CCC1CCCN1c1nc(C)c(CNC)s1. The molecule has 2 heterocycles. The molecular weight excluding hydrogens is 218 g/mol. The summed E-state index contributed by atoms with van der Waals surface area (Å²) >= 11 is 1.85. The van der Waals surface area contributed by atoms with Crippen LogP contribution < -0.4 is 10.2 Å². The van der Waals surface area contributed by atoms with E-state index in [1.54, 1.807) is 0 Å². The highest BCUT2D eigenvalue weighted by atomic mass is 32.1. The number of aryl methyl sites for hydroxylation is 1. The molecule has 1 saturated heterocycles. The van der Waals surface area contributed by atoms with Crippen molar-refractivity contribution in [2.24, 2.45) is 0 Å². The summed E-state index contributed by atoms with van der Waals surface area (Å²) in [6.45, 7) is 6.51. The Labute approximate surface area is 102 Å². The molecule has 1 N–H and O–H groups in total. The zero-order chi connectivity index (χ0) is 11.5. The Balaban J connectivity index is 2.17. The molecule has 0 aromatic carbocycles. The van der Waals surface area contributed by atoms with E-state index >= 15 is 0 Å². The van der Waals surface area contributed by atoms with Gasteiger partial charge in [0.1, 0.15) is 0 Å². The van der Waals surface area contributed by atoms with Crippen LogP contribution in [0.15, 0.2) is 0 Å². The first-order valence-corrected chi connectivity index (χ1v) is 6.95. The van der Waals surface area contributed by atoms with E-state index in [0.29, 0.717) is 6.04 Å². The van der Waals surface area contributed by atoms with Crippen LogP contribution in [0.4, 0.5) is 5.13 Å². The molecule has 0 bridgehead atoms. The number of hydrogen-bond donors (Lipinski definition) is 1. The lowest BCUT2D eigenvalue weighted by molar-refractivity contribution is 0.644. The molecule has 1 unspecified atom stereocenters. The van der Waals surface area contributed by atoms with Crippen LogP contribution in [0.3, 0.4) is 0 Å². The van der Waals surface area contributed by atoms with Gasteiger partial charge in [-0.2, -0.15) is 0 Å². The third kappa shape index (κ3) is 2.23. The highest BCUT2D eigenvalue weighted by molar-refractivity contribution is 7.15. The van der Waals surface area contributed by atoms with E-state index in [2.05, 4.69) is 24.1 Å². The molecule has 0 saturated carbocycles. The van der Waals surface area contributed by atoms with Gasteiger partial charge in [0.15, 0.2) is 5.13 Å². The van der Waals surface area contributed by atoms with Gasteiger partial charge < -0.3 is 10.2 Å². The number of nitrogens with zero attached hydrogens (tertiary/aromatic N) is 2. The molecule has 1 aliphatic rings. The number of thiazole rings is 1. The number of rotatable bonds is 4. The fourth-order valence-electron chi connectivity index (χ4n) is 2.37. The first kappa shape index (κ1) is 11.9. The molecule has 1 aromatic heterocycles. The summed E-state index contributed by atoms with van der Waals surface area (Å²) in [7, 11) is 1.99. The fraction of sp³-hybridized carbons (Fsp3) is 0.750. The van der Waals surface area contributed by atoms with Gasteiger partial charge in [0.2, 0.25) is 0 Å². The standard InChI is InChI=1S/C12H21N3S/c1-4-10-6-5-7-15(10)12-14-9(2)11(16-12)8-13-3/h10,13H,4-8H2,1-3H3. The molecular formula is C12H21N3S. The summed E-state index contributed by atoms with van der Waals surface area (Å²) in [6, 6.07) is 0.716. The third-order valence-electron chi connectivity index (χ3n) is 3.31. The van der Waals surface area contributed by atoms with Crippen LogP contribution in [-0.2, 0) is 6.54 Å². The Bertz CT molecular complexity index is 348. The lowest BCUT2D eigenvalue weighted by Crippen LogP contribution is -2.28. The highest BCUT2D eigenvalue weighted by Crippen LogP contribution is 2.32. The van der Waals surface area contributed by atoms with Crippen molar-refractivity contribution < 1.29 is 0 Å². The Morgan fingerprint density at radius 3 is 3.06 bits per heavy atom. The van der Waals surface area contributed by atoms with E-state index in [-0.39, 0.29) is 0 Å². The topological polar surface area (TPSA) is 28.2 Å². The maximum Gasteiger partial charge on any atom is 0.186 e. The van der Waals surface area contributed by atoms with Crippen molar-refractivity contribution in [2.75, 3.05) is 18.5 Å². The van der Waals surface area contributed by atoms with E-state index in [1.165, 1.54) is 41.5 Å². The van der Waals surface area contributed by atoms with Gasteiger partial charge in [-0.15, -0.1) is 11.3 Å². The van der Waals surface area contributed by atoms with Gasteiger partial charge in [0.05, 0.1) is 5.69 Å². The minimum Gasteiger partial charge on any atom is -0.345 e. The smallest absolute Gasteiger partial charge is 0.186 e. The van der Waals surface area contributed by atoms with Crippen LogP contribution >= 0.6 is 11.3 Å². The van der Waals surface area contributed by atoms with Crippen molar-refractivity contribution in [2.45, 2.75) is 45.7 Å². The molecule has 2 rings (SSSR count). The molecule has 0 aliphatic carbocycles. The monoisotopic (exact) mass is 239 g/mol. The highest BCUT2D eigenvalue weighted by Gasteiger charge is 2.25. The third-order valence-corrected chi connectivity index (χ3v) is 4.51. The zero-order valence-corrected chi connectivity index (χ0v) is 11.2. The summed E-state index contributed by atoms with van der Waals surface area (Å²) in [5, 5.41) is 4.43. The fourth-order valence-corrected chi connectivity index (χ4v) is 3.54. The van der Waals surface area contributed by atoms with Crippen molar-refractivity contribution in [3.8, 4) is 0 Å². The summed E-state index contributed by atoms with van der Waals surface area (Å²) < 4.78 is 0. The van der Waals surface area contributed by atoms with Crippen LogP contribution in [-0.4, -0.2) is 24.6 Å². The van der Waals surface area contributed by atoms with E-state index in [0.717, 1.165) is 6.54 Å². The molecule has 4 heteroatoms. The molecule has 1 atom stereocenters. The van der Waals surface area contributed by atoms with E-state index < -0.39 is 0 Å². The maximum atomic E-state index is 4.71. The number of nitrogens with one attached hydrogen (secondary N) is 1. The van der Waals surface area contributed by atoms with Crippen molar-refractivity contribution in [3.63, 3.8) is 0 Å². The van der Waals surface area contributed by atoms with Gasteiger partial charge >= 0.3 is 0 Å². The summed E-state index contributed by atoms with van der Waals surface area (Å²) in [6.07, 6.45) is 3.88. The van der Waals surface area contributed by atoms with Crippen LogP contribution in [0.5, 0.6) is 0 Å². The Morgan fingerprint density at radius 2 is 2.38 bits per heavy atom. The van der Waals surface area contributed by atoms with Gasteiger partial charge in [0.25, 0.3) is 0 Å². The van der Waals surface area contributed by atoms with E-state index in [4.69, 9.17) is 4.98 Å². The normalized spacial score (nSPS) is 20.7. The molecule has 16 heavy (non-hydrogen) atoms. The predicted octanol–water partition coefficient (Wildman–Crippen LogP) is 2.55. The molecule has 0 spiro atoms. The molecule has 0 amide bonds. The lowest BCUT2D eigenvalue weighted by Gasteiger charge is -2.22. The largest absolute Gasteiger partial charge is 0.345 e. The van der Waals surface area contributed by atoms with Crippen LogP contribution in [0.2, 0.25) is 0 Å². The molecule has 1 aliphatic heterocycles. The summed E-state index contributed by atoms with van der Waals surface area (Å²) in [4.78, 5) is 8.59. The van der Waals surface area contributed by atoms with E-state index in [9.17, 15) is 0 Å². The second-order valence-corrected chi connectivity index (χ2v) is 5.50. The minimum absolute atomic E-state index is 0.716. The first-order chi connectivity index (χ1) is 7.76. The number of aromatic nitrogens is 1. The molecule has 1 fully saturated rings. The van der Waals surface area contributed by atoms with Gasteiger partial charge in [-0.1, -0.05) is 6.92 Å². The first-order valence-electron chi connectivity index (χ1n) is 6.13. The summed E-state index contributed by atoms with van der Waals surface area (Å²) in [5.41, 5.74) is 1.19. The lowest BCUT2D eigenvalue weighted by atomic mass is 10.2. The average molecular weight is 239 g/mol. The van der Waals surface area contributed by atoms with Crippen molar-refractivity contribution in [1.82, 2.24) is 10.3 Å². The average Bonchev–Trinajstić information content (AvgIpc) is 2.86. The Morgan fingerprint density at radius 1 is 1.56 bits per heavy atom. The molecule has 0 radical (unpaired) electrons. The minimum atomic E-state index is 0.716. The quantitative estimate of drug-likeness (QED) is 0.875.